The van der Waals surface area contributed by atoms with E-state index in [1.165, 1.54) is 30.3 Å². The van der Waals surface area contributed by atoms with Crippen molar-refractivity contribution >= 4 is 17.3 Å². The molecule has 0 spiro atoms. The van der Waals surface area contributed by atoms with Gasteiger partial charge in [0.15, 0.2) is 11.5 Å². The first-order valence-electron chi connectivity index (χ1n) is 5.40. The number of aromatic hydroxyl groups is 3. The summed E-state index contributed by atoms with van der Waals surface area (Å²) < 4.78 is 13.0. The monoisotopic (exact) mass is 283 g/mol. The van der Waals surface area contributed by atoms with Crippen LogP contribution in [0.5, 0.6) is 17.2 Å². The number of phenols is 3. The van der Waals surface area contributed by atoms with Crippen LogP contribution in [0.3, 0.4) is 0 Å². The second kappa shape index (κ2) is 5.24. The molecule has 0 bridgehead atoms. The maximum atomic E-state index is 13.0. The van der Waals surface area contributed by atoms with Crippen molar-refractivity contribution in [3.05, 3.63) is 46.7 Å². The number of halogens is 2. The molecule has 4 N–H and O–H groups in total. The first-order chi connectivity index (χ1) is 8.99. The third-order valence-corrected chi connectivity index (χ3v) is 2.91. The number of benzene rings is 2. The molecule has 6 heteroatoms. The number of anilines is 1. The largest absolute Gasteiger partial charge is 0.504 e. The highest BCUT2D eigenvalue weighted by molar-refractivity contribution is 6.31. The Morgan fingerprint density at radius 3 is 2.47 bits per heavy atom. The van der Waals surface area contributed by atoms with Gasteiger partial charge in [-0.25, -0.2) is 4.39 Å². The van der Waals surface area contributed by atoms with E-state index in [1.807, 2.05) is 0 Å². The van der Waals surface area contributed by atoms with Crippen molar-refractivity contribution in [1.29, 1.82) is 0 Å². The first kappa shape index (κ1) is 13.3. The molecule has 2 aromatic rings. The Morgan fingerprint density at radius 2 is 1.79 bits per heavy atom. The maximum absolute atomic E-state index is 13.0. The molecule has 0 aliphatic rings. The first-order valence-corrected chi connectivity index (χ1v) is 5.78. The molecule has 0 atom stereocenters. The van der Waals surface area contributed by atoms with E-state index in [4.69, 9.17) is 11.6 Å². The van der Waals surface area contributed by atoms with E-state index in [9.17, 15) is 19.7 Å². The minimum absolute atomic E-state index is 0.0113. The second-order valence-corrected chi connectivity index (χ2v) is 4.33. The number of phenolic OH excluding ortho intramolecular Hbond substituents is 3. The van der Waals surface area contributed by atoms with E-state index in [1.54, 1.807) is 0 Å². The van der Waals surface area contributed by atoms with Gasteiger partial charge in [0.1, 0.15) is 5.82 Å². The highest BCUT2D eigenvalue weighted by Gasteiger charge is 2.10. The molecule has 0 saturated carbocycles. The summed E-state index contributed by atoms with van der Waals surface area (Å²) in [5, 5.41) is 31.1. The topological polar surface area (TPSA) is 72.7 Å². The van der Waals surface area contributed by atoms with Crippen LogP contribution in [0.25, 0.3) is 0 Å². The van der Waals surface area contributed by atoms with Crippen LogP contribution in [0.2, 0.25) is 5.02 Å². The highest BCUT2D eigenvalue weighted by atomic mass is 35.5. The van der Waals surface area contributed by atoms with Crippen LogP contribution >= 0.6 is 11.6 Å². The smallest absolute Gasteiger partial charge is 0.200 e. The molecule has 0 aliphatic carbocycles. The van der Waals surface area contributed by atoms with Crippen LogP contribution in [0.1, 0.15) is 5.56 Å². The van der Waals surface area contributed by atoms with Crippen LogP contribution in [-0.4, -0.2) is 15.3 Å². The molecule has 0 aliphatic heterocycles. The molecule has 4 nitrogen and oxygen atoms in total. The van der Waals surface area contributed by atoms with Crippen LogP contribution in [-0.2, 0) is 6.54 Å². The fraction of sp³-hybridized carbons (Fsp3) is 0.0769. The summed E-state index contributed by atoms with van der Waals surface area (Å²) in [6.45, 7) is 0.182. The van der Waals surface area contributed by atoms with Crippen LogP contribution < -0.4 is 5.32 Å². The van der Waals surface area contributed by atoms with Gasteiger partial charge in [0.25, 0.3) is 0 Å². The summed E-state index contributed by atoms with van der Waals surface area (Å²) in [6, 6.07) is 6.86. The molecule has 2 rings (SSSR count). The highest BCUT2D eigenvalue weighted by Crippen LogP contribution is 2.37. The zero-order chi connectivity index (χ0) is 14.0. The standard InChI is InChI=1S/C13H11ClFNO3/c14-9-5-8(2-3-10(9)15)16-6-7-1-4-11(17)13(19)12(7)18/h1-5,16-19H,6H2. The van der Waals surface area contributed by atoms with Gasteiger partial charge in [0.05, 0.1) is 5.02 Å². The fourth-order valence-electron chi connectivity index (χ4n) is 1.56. The molecule has 2 aromatic carbocycles. The van der Waals surface area contributed by atoms with Gasteiger partial charge in [-0.3, -0.25) is 0 Å². The third kappa shape index (κ3) is 2.82. The molecule has 0 radical (unpaired) electrons. The van der Waals surface area contributed by atoms with Crippen molar-refractivity contribution in [2.75, 3.05) is 5.32 Å². The summed E-state index contributed by atoms with van der Waals surface area (Å²) in [5.41, 5.74) is 0.953. The Bertz CT molecular complexity index is 619. The molecule has 19 heavy (non-hydrogen) atoms. The van der Waals surface area contributed by atoms with Gasteiger partial charge in [0.2, 0.25) is 5.75 Å². The van der Waals surface area contributed by atoms with Crippen molar-refractivity contribution in [1.82, 2.24) is 0 Å². The molecule has 0 unspecified atom stereocenters. The van der Waals surface area contributed by atoms with Gasteiger partial charge < -0.3 is 20.6 Å². The van der Waals surface area contributed by atoms with E-state index >= 15 is 0 Å². The predicted molar refractivity (Wildman–Crippen MR) is 70.2 cm³/mol. The van der Waals surface area contributed by atoms with Crippen molar-refractivity contribution in [3.8, 4) is 17.2 Å². The predicted octanol–water partition coefficient (Wildman–Crippen LogP) is 3.21. The molecular weight excluding hydrogens is 273 g/mol. The number of nitrogens with one attached hydrogen (secondary N) is 1. The molecule has 0 heterocycles. The third-order valence-electron chi connectivity index (χ3n) is 2.62. The second-order valence-electron chi connectivity index (χ2n) is 3.92. The molecule has 0 aromatic heterocycles. The average molecular weight is 284 g/mol. The quantitative estimate of drug-likeness (QED) is 0.653. The van der Waals surface area contributed by atoms with Gasteiger partial charge in [-0.1, -0.05) is 11.6 Å². The fourth-order valence-corrected chi connectivity index (χ4v) is 1.74. The Morgan fingerprint density at radius 1 is 1.05 bits per heavy atom. The Kier molecular flexibility index (Phi) is 3.66. The summed E-state index contributed by atoms with van der Waals surface area (Å²) in [4.78, 5) is 0. The molecule has 0 amide bonds. The Hall–Kier alpha value is -2.14. The summed E-state index contributed by atoms with van der Waals surface area (Å²) in [6.07, 6.45) is 0. The van der Waals surface area contributed by atoms with E-state index in [0.717, 1.165) is 0 Å². The van der Waals surface area contributed by atoms with Gasteiger partial charge in [-0.2, -0.15) is 0 Å². The maximum Gasteiger partial charge on any atom is 0.200 e. The SMILES string of the molecule is Oc1ccc(CNc2ccc(F)c(Cl)c2)c(O)c1O. The number of hydrogen-bond acceptors (Lipinski definition) is 4. The Balaban J connectivity index is 2.14. The summed E-state index contributed by atoms with van der Waals surface area (Å²) in [7, 11) is 0. The zero-order valence-electron chi connectivity index (χ0n) is 9.69. The zero-order valence-corrected chi connectivity index (χ0v) is 10.4. The summed E-state index contributed by atoms with van der Waals surface area (Å²) >= 11 is 5.64. The molecule has 0 saturated heterocycles. The summed E-state index contributed by atoms with van der Waals surface area (Å²) in [5.74, 6) is -1.89. The van der Waals surface area contributed by atoms with Crippen LogP contribution in [0.15, 0.2) is 30.3 Å². The van der Waals surface area contributed by atoms with E-state index in [-0.39, 0.29) is 11.6 Å². The molecule has 100 valence electrons. The van der Waals surface area contributed by atoms with Crippen molar-refractivity contribution in [2.45, 2.75) is 6.54 Å². The van der Waals surface area contributed by atoms with E-state index < -0.39 is 23.1 Å². The number of rotatable bonds is 3. The Labute approximate surface area is 113 Å². The van der Waals surface area contributed by atoms with Crippen molar-refractivity contribution < 1.29 is 19.7 Å². The normalized spacial score (nSPS) is 10.4. The average Bonchev–Trinajstić information content (AvgIpc) is 2.39. The van der Waals surface area contributed by atoms with Gasteiger partial charge in [-0.05, 0) is 30.3 Å². The van der Waals surface area contributed by atoms with E-state index in [0.29, 0.717) is 11.3 Å². The van der Waals surface area contributed by atoms with Crippen LogP contribution in [0, 0.1) is 5.82 Å². The van der Waals surface area contributed by atoms with Gasteiger partial charge in [0, 0.05) is 17.8 Å². The van der Waals surface area contributed by atoms with Crippen molar-refractivity contribution in [3.63, 3.8) is 0 Å². The molecular formula is C13H11ClFNO3. The number of hydrogen-bond donors (Lipinski definition) is 4. The van der Waals surface area contributed by atoms with Crippen molar-refractivity contribution in [2.24, 2.45) is 0 Å². The lowest BCUT2D eigenvalue weighted by atomic mass is 10.1. The van der Waals surface area contributed by atoms with Gasteiger partial charge in [-0.15, -0.1) is 0 Å². The van der Waals surface area contributed by atoms with Gasteiger partial charge >= 0.3 is 0 Å². The minimum atomic E-state index is -0.573. The van der Waals surface area contributed by atoms with E-state index in [2.05, 4.69) is 5.32 Å². The lowest BCUT2D eigenvalue weighted by Crippen LogP contribution is -2.00. The molecule has 0 fully saturated rings. The lowest BCUT2D eigenvalue weighted by Gasteiger charge is -2.10. The lowest BCUT2D eigenvalue weighted by molar-refractivity contribution is 0.365. The van der Waals surface area contributed by atoms with Crippen LogP contribution in [0.4, 0.5) is 10.1 Å². The minimum Gasteiger partial charge on any atom is -0.504 e.